The van der Waals surface area contributed by atoms with Crippen LogP contribution in [-0.4, -0.2) is 16.9 Å². The van der Waals surface area contributed by atoms with Crippen LogP contribution >= 0.6 is 0 Å². The first-order valence-corrected chi connectivity index (χ1v) is 8.13. The molecule has 1 aromatic carbocycles. The number of ketones is 1. The number of benzene rings is 1. The van der Waals surface area contributed by atoms with E-state index in [4.69, 9.17) is 5.11 Å². The van der Waals surface area contributed by atoms with Crippen LogP contribution in [0, 0.1) is 0 Å². The van der Waals surface area contributed by atoms with Gasteiger partial charge in [-0.15, -0.1) is 0 Å². The SMILES string of the molecule is CC=CCCCCCCCCc1ccccc1C(=O)C(=O)O. The molecule has 0 atom stereocenters. The zero-order chi connectivity index (χ0) is 16.2. The molecule has 0 aromatic heterocycles. The van der Waals surface area contributed by atoms with E-state index in [1.807, 2.05) is 19.1 Å². The molecule has 0 fully saturated rings. The normalized spacial score (nSPS) is 11.0. The van der Waals surface area contributed by atoms with E-state index >= 15 is 0 Å². The van der Waals surface area contributed by atoms with Crippen molar-refractivity contribution in [1.82, 2.24) is 0 Å². The first-order valence-electron chi connectivity index (χ1n) is 8.13. The van der Waals surface area contributed by atoms with Crippen molar-refractivity contribution < 1.29 is 14.7 Å². The molecule has 1 aromatic rings. The molecule has 0 radical (unpaired) electrons. The van der Waals surface area contributed by atoms with E-state index in [2.05, 4.69) is 12.2 Å². The highest BCUT2D eigenvalue weighted by Crippen LogP contribution is 2.15. The summed E-state index contributed by atoms with van der Waals surface area (Å²) in [6, 6.07) is 7.03. The second-order valence-electron chi connectivity index (χ2n) is 5.52. The summed E-state index contributed by atoms with van der Waals surface area (Å²) in [5.74, 6) is -2.19. The number of allylic oxidation sites excluding steroid dienone is 2. The van der Waals surface area contributed by atoms with Crippen molar-refractivity contribution in [3.8, 4) is 0 Å². The van der Waals surface area contributed by atoms with Crippen LogP contribution in [0.15, 0.2) is 36.4 Å². The number of rotatable bonds is 11. The van der Waals surface area contributed by atoms with Crippen LogP contribution in [0.25, 0.3) is 0 Å². The van der Waals surface area contributed by atoms with Gasteiger partial charge in [-0.05, 0) is 38.2 Å². The number of carboxylic acid groups (broad SMARTS) is 1. The standard InChI is InChI=1S/C19H26O3/c1-2-3-4-5-6-7-8-9-10-13-16-14-11-12-15-17(16)18(20)19(21)22/h2-3,11-12,14-15H,4-10,13H2,1H3,(H,21,22). The Balaban J connectivity index is 2.28. The fraction of sp³-hybridized carbons (Fsp3) is 0.474. The van der Waals surface area contributed by atoms with Gasteiger partial charge < -0.3 is 5.11 Å². The number of hydrogen-bond acceptors (Lipinski definition) is 2. The summed E-state index contributed by atoms with van der Waals surface area (Å²) in [6.07, 6.45) is 13.3. The Labute approximate surface area is 133 Å². The lowest BCUT2D eigenvalue weighted by Crippen LogP contribution is -2.14. The van der Waals surface area contributed by atoms with Crippen LogP contribution in [0.3, 0.4) is 0 Å². The van der Waals surface area contributed by atoms with E-state index in [9.17, 15) is 9.59 Å². The summed E-state index contributed by atoms with van der Waals surface area (Å²) in [6.45, 7) is 2.05. The van der Waals surface area contributed by atoms with Crippen LogP contribution in [0.4, 0.5) is 0 Å². The smallest absolute Gasteiger partial charge is 0.377 e. The zero-order valence-corrected chi connectivity index (χ0v) is 13.4. The summed E-state index contributed by atoms with van der Waals surface area (Å²) in [4.78, 5) is 22.4. The van der Waals surface area contributed by atoms with Gasteiger partial charge in [-0.25, -0.2) is 4.79 Å². The van der Waals surface area contributed by atoms with Gasteiger partial charge in [0.25, 0.3) is 5.78 Å². The Hall–Kier alpha value is -1.90. The maximum Gasteiger partial charge on any atom is 0.377 e. The summed E-state index contributed by atoms with van der Waals surface area (Å²) in [5.41, 5.74) is 1.18. The van der Waals surface area contributed by atoms with E-state index in [-0.39, 0.29) is 0 Å². The van der Waals surface area contributed by atoms with E-state index in [1.165, 1.54) is 32.1 Å². The number of hydrogen-bond donors (Lipinski definition) is 1. The highest BCUT2D eigenvalue weighted by molar-refractivity contribution is 6.40. The van der Waals surface area contributed by atoms with E-state index in [1.54, 1.807) is 12.1 Å². The minimum Gasteiger partial charge on any atom is -0.475 e. The van der Waals surface area contributed by atoms with Crippen molar-refractivity contribution in [2.45, 2.75) is 58.3 Å². The molecule has 120 valence electrons. The molecule has 0 bridgehead atoms. The molecule has 0 saturated heterocycles. The molecule has 0 amide bonds. The highest BCUT2D eigenvalue weighted by atomic mass is 16.4. The topological polar surface area (TPSA) is 54.4 Å². The third-order valence-electron chi connectivity index (χ3n) is 3.76. The molecule has 0 unspecified atom stereocenters. The second kappa shape index (κ2) is 10.8. The largest absolute Gasteiger partial charge is 0.475 e. The number of unbranched alkanes of at least 4 members (excludes halogenated alkanes) is 6. The summed E-state index contributed by atoms with van der Waals surface area (Å²) < 4.78 is 0. The van der Waals surface area contributed by atoms with Crippen molar-refractivity contribution in [2.75, 3.05) is 0 Å². The van der Waals surface area contributed by atoms with Crippen LogP contribution in [0.1, 0.15) is 67.8 Å². The molecule has 22 heavy (non-hydrogen) atoms. The minimum absolute atomic E-state index is 0.335. The van der Waals surface area contributed by atoms with Gasteiger partial charge in [-0.2, -0.15) is 0 Å². The average molecular weight is 302 g/mol. The maximum atomic E-state index is 11.6. The number of aryl methyl sites for hydroxylation is 1. The molecular formula is C19H26O3. The molecular weight excluding hydrogens is 276 g/mol. The average Bonchev–Trinajstić information content (AvgIpc) is 2.53. The second-order valence-corrected chi connectivity index (χ2v) is 5.52. The maximum absolute atomic E-state index is 11.6. The van der Waals surface area contributed by atoms with Gasteiger partial charge >= 0.3 is 5.97 Å². The summed E-state index contributed by atoms with van der Waals surface area (Å²) in [5, 5.41) is 8.84. The van der Waals surface area contributed by atoms with E-state index in [0.717, 1.165) is 24.8 Å². The van der Waals surface area contributed by atoms with Gasteiger partial charge in [-0.1, -0.05) is 62.1 Å². The molecule has 3 nitrogen and oxygen atoms in total. The molecule has 0 aliphatic heterocycles. The zero-order valence-electron chi connectivity index (χ0n) is 13.4. The molecule has 1 rings (SSSR count). The quantitative estimate of drug-likeness (QED) is 0.276. The molecule has 0 aliphatic carbocycles. The Morgan fingerprint density at radius 1 is 1.00 bits per heavy atom. The Bertz CT molecular complexity index is 503. The molecule has 0 spiro atoms. The lowest BCUT2D eigenvalue weighted by atomic mass is 9.98. The highest BCUT2D eigenvalue weighted by Gasteiger charge is 2.17. The van der Waals surface area contributed by atoms with Crippen LogP contribution < -0.4 is 0 Å². The van der Waals surface area contributed by atoms with Crippen LogP contribution in [0.2, 0.25) is 0 Å². The third kappa shape index (κ3) is 6.70. The Morgan fingerprint density at radius 2 is 1.64 bits per heavy atom. The van der Waals surface area contributed by atoms with Crippen LogP contribution in [0.5, 0.6) is 0 Å². The number of Topliss-reactive ketones (excluding diaryl/α,β-unsaturated/α-hetero) is 1. The van der Waals surface area contributed by atoms with Gasteiger partial charge in [0.05, 0.1) is 0 Å². The fourth-order valence-corrected chi connectivity index (χ4v) is 2.53. The predicted molar refractivity (Wildman–Crippen MR) is 89.2 cm³/mol. The van der Waals surface area contributed by atoms with Crippen LogP contribution in [-0.2, 0) is 11.2 Å². The number of carbonyl (C=O) groups is 2. The number of aliphatic carboxylic acids is 1. The van der Waals surface area contributed by atoms with Crippen molar-refractivity contribution in [3.63, 3.8) is 0 Å². The van der Waals surface area contributed by atoms with E-state index < -0.39 is 11.8 Å². The fourth-order valence-electron chi connectivity index (χ4n) is 2.53. The Kier molecular flexibility index (Phi) is 8.89. The van der Waals surface area contributed by atoms with Crippen molar-refractivity contribution in [2.24, 2.45) is 0 Å². The van der Waals surface area contributed by atoms with Crippen molar-refractivity contribution in [3.05, 3.63) is 47.5 Å². The van der Waals surface area contributed by atoms with Crippen molar-refractivity contribution >= 4 is 11.8 Å². The summed E-state index contributed by atoms with van der Waals surface area (Å²) in [7, 11) is 0. The lowest BCUT2D eigenvalue weighted by Gasteiger charge is -2.06. The molecule has 0 heterocycles. The lowest BCUT2D eigenvalue weighted by molar-refractivity contribution is -0.131. The van der Waals surface area contributed by atoms with Gasteiger partial charge in [0, 0.05) is 5.56 Å². The predicted octanol–water partition coefficient (Wildman–Crippen LogP) is 4.80. The van der Waals surface area contributed by atoms with Gasteiger partial charge in [0.2, 0.25) is 0 Å². The van der Waals surface area contributed by atoms with Gasteiger partial charge in [0.1, 0.15) is 0 Å². The van der Waals surface area contributed by atoms with Crippen molar-refractivity contribution in [1.29, 1.82) is 0 Å². The first kappa shape index (κ1) is 18.1. The first-order chi connectivity index (χ1) is 10.7. The van der Waals surface area contributed by atoms with Gasteiger partial charge in [0.15, 0.2) is 0 Å². The molecule has 0 saturated carbocycles. The summed E-state index contributed by atoms with van der Waals surface area (Å²) >= 11 is 0. The van der Waals surface area contributed by atoms with E-state index in [0.29, 0.717) is 5.56 Å². The van der Waals surface area contributed by atoms with Gasteiger partial charge in [-0.3, -0.25) is 4.79 Å². The monoisotopic (exact) mass is 302 g/mol. The molecule has 3 heteroatoms. The molecule has 1 N–H and O–H groups in total. The number of carbonyl (C=O) groups excluding carboxylic acids is 1. The Morgan fingerprint density at radius 3 is 2.32 bits per heavy atom. The number of carboxylic acids is 1. The minimum atomic E-state index is -1.38. The third-order valence-corrected chi connectivity index (χ3v) is 3.76. The molecule has 0 aliphatic rings.